The summed E-state index contributed by atoms with van der Waals surface area (Å²) < 4.78 is 33.0. The van der Waals surface area contributed by atoms with E-state index in [2.05, 4.69) is 10.6 Å². The highest BCUT2D eigenvalue weighted by Crippen LogP contribution is 2.30. The Morgan fingerprint density at radius 1 is 1.20 bits per heavy atom. The molecule has 0 aromatic heterocycles. The van der Waals surface area contributed by atoms with E-state index in [4.69, 9.17) is 33.3 Å². The molecule has 30 heavy (non-hydrogen) atoms. The van der Waals surface area contributed by atoms with Crippen LogP contribution in [0, 0.1) is 0 Å². The molecule has 0 fully saturated rings. The average Bonchev–Trinajstić information content (AvgIpc) is 2.73. The summed E-state index contributed by atoms with van der Waals surface area (Å²) in [7, 11) is 4.48. The van der Waals surface area contributed by atoms with Crippen LogP contribution in [0.5, 0.6) is 11.5 Å². The van der Waals surface area contributed by atoms with Crippen LogP contribution in [-0.2, 0) is 17.7 Å². The van der Waals surface area contributed by atoms with Crippen molar-refractivity contribution in [1.82, 2.24) is 10.6 Å². The lowest BCUT2D eigenvalue weighted by molar-refractivity contribution is 0.0951. The van der Waals surface area contributed by atoms with E-state index < -0.39 is 11.3 Å². The van der Waals surface area contributed by atoms with Gasteiger partial charge in [0.05, 0.1) is 19.8 Å². The second kappa shape index (κ2) is 11.1. The molecule has 0 saturated carbocycles. The van der Waals surface area contributed by atoms with E-state index in [0.29, 0.717) is 40.7 Å². The zero-order chi connectivity index (χ0) is 22.3. The SMILES string of the molecule is CNC(=S)N(c1cc(CCNC(=O)c2ccc(Cl)cc2OC)ccc1OC)S(=O)O. The zero-order valence-electron chi connectivity index (χ0n) is 16.6. The second-order valence-corrected chi connectivity index (χ2v) is 7.59. The van der Waals surface area contributed by atoms with Crippen molar-refractivity contribution in [3.05, 3.63) is 52.5 Å². The fraction of sp³-hybridized carbons (Fsp3) is 0.263. The van der Waals surface area contributed by atoms with Crippen molar-refractivity contribution in [3.8, 4) is 11.5 Å². The first kappa shape index (κ1) is 23.9. The number of nitrogens with one attached hydrogen (secondary N) is 2. The number of benzene rings is 2. The van der Waals surface area contributed by atoms with Gasteiger partial charge in [0.2, 0.25) is 0 Å². The van der Waals surface area contributed by atoms with Crippen molar-refractivity contribution in [2.24, 2.45) is 0 Å². The summed E-state index contributed by atoms with van der Waals surface area (Å²) in [6, 6.07) is 9.94. The minimum Gasteiger partial charge on any atom is -0.496 e. The molecule has 2 aromatic rings. The minimum absolute atomic E-state index is 0.0643. The van der Waals surface area contributed by atoms with Crippen LogP contribution in [0.4, 0.5) is 5.69 Å². The predicted molar refractivity (Wildman–Crippen MR) is 122 cm³/mol. The van der Waals surface area contributed by atoms with Crippen LogP contribution < -0.4 is 24.4 Å². The summed E-state index contributed by atoms with van der Waals surface area (Å²) in [5.74, 6) is 0.466. The van der Waals surface area contributed by atoms with E-state index in [9.17, 15) is 13.6 Å². The molecule has 1 amide bonds. The Kier molecular flexibility index (Phi) is 8.85. The molecule has 0 heterocycles. The van der Waals surface area contributed by atoms with Gasteiger partial charge >= 0.3 is 0 Å². The Balaban J connectivity index is 2.15. The first-order valence-electron chi connectivity index (χ1n) is 8.73. The number of anilines is 1. The summed E-state index contributed by atoms with van der Waals surface area (Å²) in [5, 5.41) is 6.03. The van der Waals surface area contributed by atoms with Gasteiger partial charge in [-0.2, -0.15) is 0 Å². The molecule has 0 saturated heterocycles. The van der Waals surface area contributed by atoms with Crippen LogP contribution >= 0.6 is 23.8 Å². The summed E-state index contributed by atoms with van der Waals surface area (Å²) in [5.41, 5.74) is 1.52. The smallest absolute Gasteiger partial charge is 0.268 e. The Hall–Kier alpha value is -2.40. The number of hydrogen-bond donors (Lipinski definition) is 3. The van der Waals surface area contributed by atoms with E-state index in [1.54, 1.807) is 43.4 Å². The number of thiocarbonyl (C=S) groups is 1. The molecule has 0 aliphatic heterocycles. The van der Waals surface area contributed by atoms with Gasteiger partial charge in [0.25, 0.3) is 17.2 Å². The van der Waals surface area contributed by atoms with Crippen LogP contribution in [0.25, 0.3) is 0 Å². The predicted octanol–water partition coefficient (Wildman–Crippen LogP) is 2.78. The van der Waals surface area contributed by atoms with Crippen LogP contribution in [0.15, 0.2) is 36.4 Å². The number of nitrogens with zero attached hydrogens (tertiary/aromatic N) is 1. The Morgan fingerprint density at radius 3 is 2.50 bits per heavy atom. The van der Waals surface area contributed by atoms with Gasteiger partial charge in [0.15, 0.2) is 5.11 Å². The highest BCUT2D eigenvalue weighted by molar-refractivity contribution is 7.86. The molecular weight excluding hydrogens is 450 g/mol. The van der Waals surface area contributed by atoms with Crippen molar-refractivity contribution in [1.29, 1.82) is 0 Å². The molecular formula is C19H22ClN3O5S2. The largest absolute Gasteiger partial charge is 0.496 e. The quantitative estimate of drug-likeness (QED) is 0.402. The zero-order valence-corrected chi connectivity index (χ0v) is 19.0. The number of halogens is 1. The average molecular weight is 472 g/mol. The number of rotatable bonds is 8. The lowest BCUT2D eigenvalue weighted by atomic mass is 10.1. The lowest BCUT2D eigenvalue weighted by Gasteiger charge is -2.22. The van der Waals surface area contributed by atoms with Crippen LogP contribution in [0.1, 0.15) is 15.9 Å². The van der Waals surface area contributed by atoms with E-state index >= 15 is 0 Å². The van der Waals surface area contributed by atoms with Crippen molar-refractivity contribution < 1.29 is 23.0 Å². The Bertz CT molecular complexity index is 958. The number of methoxy groups -OCH3 is 2. The van der Waals surface area contributed by atoms with Gasteiger partial charge in [-0.15, -0.1) is 0 Å². The maximum absolute atomic E-state index is 12.5. The maximum Gasteiger partial charge on any atom is 0.268 e. The molecule has 162 valence electrons. The molecule has 0 aliphatic carbocycles. The maximum atomic E-state index is 12.5. The molecule has 2 aromatic carbocycles. The highest BCUT2D eigenvalue weighted by Gasteiger charge is 2.21. The van der Waals surface area contributed by atoms with Crippen molar-refractivity contribution in [2.45, 2.75) is 6.42 Å². The molecule has 2 rings (SSSR count). The number of carbonyl (C=O) groups excluding carboxylic acids is 1. The fourth-order valence-electron chi connectivity index (χ4n) is 2.68. The number of amides is 1. The molecule has 8 nitrogen and oxygen atoms in total. The fourth-order valence-corrected chi connectivity index (χ4v) is 3.68. The van der Waals surface area contributed by atoms with Gasteiger partial charge in [-0.1, -0.05) is 17.7 Å². The summed E-state index contributed by atoms with van der Waals surface area (Å²) in [6.45, 7) is 0.328. The molecule has 0 bridgehead atoms. The normalized spacial score (nSPS) is 11.4. The molecule has 0 spiro atoms. The first-order valence-corrected chi connectivity index (χ1v) is 10.6. The van der Waals surface area contributed by atoms with Crippen molar-refractivity contribution in [2.75, 3.05) is 32.1 Å². The monoisotopic (exact) mass is 471 g/mol. The molecule has 0 aliphatic rings. The van der Waals surface area contributed by atoms with Crippen LogP contribution in [0.2, 0.25) is 5.02 Å². The lowest BCUT2D eigenvalue weighted by Crippen LogP contribution is -2.39. The number of carbonyl (C=O) groups is 1. The Morgan fingerprint density at radius 2 is 1.90 bits per heavy atom. The molecule has 3 N–H and O–H groups in total. The van der Waals surface area contributed by atoms with Crippen LogP contribution in [-0.4, -0.2) is 47.6 Å². The van der Waals surface area contributed by atoms with E-state index in [-0.39, 0.29) is 11.0 Å². The molecule has 1 unspecified atom stereocenters. The van der Waals surface area contributed by atoms with Gasteiger partial charge in [-0.25, -0.2) is 8.51 Å². The number of hydrogen-bond acceptors (Lipinski definition) is 5. The van der Waals surface area contributed by atoms with E-state index in [1.165, 1.54) is 14.2 Å². The van der Waals surface area contributed by atoms with Crippen molar-refractivity contribution in [3.63, 3.8) is 0 Å². The summed E-state index contributed by atoms with van der Waals surface area (Å²) in [4.78, 5) is 12.5. The van der Waals surface area contributed by atoms with Gasteiger partial charge in [0.1, 0.15) is 17.2 Å². The van der Waals surface area contributed by atoms with Gasteiger partial charge < -0.3 is 20.1 Å². The number of ether oxygens (including phenoxy) is 2. The van der Waals surface area contributed by atoms with Gasteiger partial charge in [0, 0.05) is 18.6 Å². The molecule has 11 heteroatoms. The Labute approximate surface area is 187 Å². The second-order valence-electron chi connectivity index (χ2n) is 5.94. The third-order valence-corrected chi connectivity index (χ3v) is 5.55. The summed E-state index contributed by atoms with van der Waals surface area (Å²) in [6.07, 6.45) is 0.469. The minimum atomic E-state index is -2.39. The first-order chi connectivity index (χ1) is 14.3. The third kappa shape index (κ3) is 5.82. The van der Waals surface area contributed by atoms with Crippen molar-refractivity contribution >= 4 is 51.8 Å². The highest BCUT2D eigenvalue weighted by atomic mass is 35.5. The van der Waals surface area contributed by atoms with Crippen LogP contribution in [0.3, 0.4) is 0 Å². The molecule has 1 atom stereocenters. The standard InChI is InChI=1S/C19H22ClN3O5S2/c1-21-19(29)23(30(25)26)15-10-12(4-7-16(15)27-2)8-9-22-18(24)14-6-5-13(20)11-17(14)28-3/h4-7,10-11H,8-9H2,1-3H3,(H,21,29)(H,22,24)(H,25,26). The summed E-state index contributed by atoms with van der Waals surface area (Å²) >= 11 is 8.65. The third-order valence-electron chi connectivity index (χ3n) is 4.12. The van der Waals surface area contributed by atoms with E-state index in [0.717, 1.165) is 9.87 Å². The van der Waals surface area contributed by atoms with Gasteiger partial charge in [-0.05, 0) is 54.5 Å². The van der Waals surface area contributed by atoms with E-state index in [1.807, 2.05) is 0 Å². The topological polar surface area (TPSA) is 100 Å². The van der Waals surface area contributed by atoms with Gasteiger partial charge in [-0.3, -0.25) is 9.35 Å². The molecule has 0 radical (unpaired) electrons.